The Bertz CT molecular complexity index is 1490. The fourth-order valence-corrected chi connectivity index (χ4v) is 7.61. The zero-order chi connectivity index (χ0) is 37.2. The number of alkyl carbamates (subject to hydrolysis) is 1. The van der Waals surface area contributed by atoms with Gasteiger partial charge in [-0.15, -0.1) is 29.8 Å². The first kappa shape index (κ1) is 39.2. The molecule has 1 heterocycles. The molecule has 1 saturated carbocycles. The van der Waals surface area contributed by atoms with E-state index in [1.165, 1.54) is 4.90 Å². The molecule has 5 atom stereocenters. The van der Waals surface area contributed by atoms with Gasteiger partial charge in [-0.05, 0) is 84.3 Å². The number of ether oxygens (including phenoxy) is 1. The van der Waals surface area contributed by atoms with Gasteiger partial charge >= 0.3 is 6.09 Å². The molecule has 0 aromatic heterocycles. The van der Waals surface area contributed by atoms with E-state index in [0.717, 1.165) is 11.1 Å². The number of amides is 5. The van der Waals surface area contributed by atoms with Gasteiger partial charge in [-0.2, -0.15) is 0 Å². The lowest BCUT2D eigenvalue weighted by Gasteiger charge is -2.35. The van der Waals surface area contributed by atoms with Gasteiger partial charge in [0.25, 0.3) is 5.91 Å². The molecular weight excluding hydrogens is 685 g/mol. The van der Waals surface area contributed by atoms with Crippen LogP contribution < -0.4 is 21.3 Å². The van der Waals surface area contributed by atoms with E-state index in [-0.39, 0.29) is 37.8 Å². The Balaban J connectivity index is 1.52. The lowest BCUT2D eigenvalue weighted by atomic mass is 9.94. The third-order valence-corrected chi connectivity index (χ3v) is 10.1. The van der Waals surface area contributed by atoms with Gasteiger partial charge in [0, 0.05) is 36.9 Å². The molecular formula is C36H49Cl2N5O7. The van der Waals surface area contributed by atoms with Crippen LogP contribution in [0.5, 0.6) is 0 Å². The Morgan fingerprint density at radius 3 is 2.20 bits per heavy atom. The van der Waals surface area contributed by atoms with Crippen molar-refractivity contribution in [3.63, 3.8) is 0 Å². The molecule has 274 valence electrons. The number of hydrogen-bond acceptors (Lipinski definition) is 7. The summed E-state index contributed by atoms with van der Waals surface area (Å²) in [5.41, 5.74) is 0.863. The van der Waals surface area contributed by atoms with E-state index < -0.39 is 75.0 Å². The molecule has 2 fully saturated rings. The number of hydrogen-bond donors (Lipinski definition) is 4. The second-order valence-corrected chi connectivity index (χ2v) is 16.8. The van der Waals surface area contributed by atoms with E-state index in [2.05, 4.69) is 27.8 Å². The van der Waals surface area contributed by atoms with Gasteiger partial charge < -0.3 is 30.9 Å². The summed E-state index contributed by atoms with van der Waals surface area (Å²) in [5.74, 6) is -4.72. The minimum atomic E-state index is -1.28. The van der Waals surface area contributed by atoms with Crippen molar-refractivity contribution in [1.82, 2.24) is 26.2 Å². The Morgan fingerprint density at radius 1 is 1.02 bits per heavy atom. The summed E-state index contributed by atoms with van der Waals surface area (Å²) < 4.78 is 4.23. The maximum atomic E-state index is 14.4. The topological polar surface area (TPSA) is 163 Å². The first-order chi connectivity index (χ1) is 23.2. The summed E-state index contributed by atoms with van der Waals surface area (Å²) in [7, 11) is 0. The van der Waals surface area contributed by atoms with Crippen LogP contribution in [0.2, 0.25) is 0 Å². The van der Waals surface area contributed by atoms with Crippen molar-refractivity contribution in [2.24, 2.45) is 17.8 Å². The van der Waals surface area contributed by atoms with Crippen molar-refractivity contribution in [3.05, 3.63) is 48.0 Å². The van der Waals surface area contributed by atoms with Crippen LogP contribution in [0.1, 0.15) is 71.9 Å². The normalized spacial score (nSPS) is 21.9. The number of alkyl halides is 2. The third-order valence-electron chi connectivity index (χ3n) is 9.04. The van der Waals surface area contributed by atoms with Crippen LogP contribution in [0, 0.1) is 17.8 Å². The summed E-state index contributed by atoms with van der Waals surface area (Å²) >= 11 is 13.2. The predicted molar refractivity (Wildman–Crippen MR) is 189 cm³/mol. The number of piperidine rings is 1. The van der Waals surface area contributed by atoms with Gasteiger partial charge in [-0.25, -0.2) is 4.79 Å². The fraction of sp³-hybridized carbons (Fsp3) is 0.611. The Hall–Kier alpha value is -3.64. The zero-order valence-electron chi connectivity index (χ0n) is 29.6. The van der Waals surface area contributed by atoms with Crippen molar-refractivity contribution in [1.29, 1.82) is 0 Å². The van der Waals surface area contributed by atoms with Gasteiger partial charge in [0.15, 0.2) is 0 Å². The summed E-state index contributed by atoms with van der Waals surface area (Å²) in [6, 6.07) is 4.35. The number of carbonyl (C=O) groups excluding carboxylic acids is 6. The van der Waals surface area contributed by atoms with Gasteiger partial charge in [0.1, 0.15) is 22.0 Å². The van der Waals surface area contributed by atoms with Crippen LogP contribution in [0.15, 0.2) is 36.9 Å². The molecule has 5 amide bonds. The van der Waals surface area contributed by atoms with E-state index >= 15 is 0 Å². The van der Waals surface area contributed by atoms with Crippen LogP contribution in [0.4, 0.5) is 4.79 Å². The maximum Gasteiger partial charge on any atom is 0.408 e. The van der Waals surface area contributed by atoms with Gasteiger partial charge in [0.2, 0.25) is 23.5 Å². The summed E-state index contributed by atoms with van der Waals surface area (Å²) in [6.07, 6.45) is 2.17. The molecule has 3 unspecified atom stereocenters. The molecule has 4 N–H and O–H groups in total. The summed E-state index contributed by atoms with van der Waals surface area (Å²) in [6.45, 7) is 14.3. The average molecular weight is 735 g/mol. The van der Waals surface area contributed by atoms with E-state index in [1.54, 1.807) is 26.8 Å². The number of rotatable bonds is 13. The lowest BCUT2D eigenvalue weighted by molar-refractivity contribution is -0.144. The number of Topliss-reactive ketones (excluding diaryl/α,β-unsaturated/α-hetero) is 1. The second-order valence-electron chi connectivity index (χ2n) is 15.4. The van der Waals surface area contributed by atoms with Crippen LogP contribution in [0.25, 0.3) is 0 Å². The van der Waals surface area contributed by atoms with Crippen LogP contribution in [-0.4, -0.2) is 87.1 Å². The predicted octanol–water partition coefficient (Wildman–Crippen LogP) is 3.37. The van der Waals surface area contributed by atoms with Gasteiger partial charge in [0.05, 0.1) is 6.04 Å². The van der Waals surface area contributed by atoms with E-state index in [0.29, 0.717) is 19.3 Å². The first-order valence-corrected chi connectivity index (χ1v) is 17.8. The Kier molecular flexibility index (Phi) is 12.0. The molecule has 14 heteroatoms. The number of allylic oxidation sites excluding steroid dienone is 1. The molecule has 2 aliphatic carbocycles. The second kappa shape index (κ2) is 15.3. The van der Waals surface area contributed by atoms with Gasteiger partial charge in [-0.3, -0.25) is 24.0 Å². The molecule has 4 rings (SSSR count). The highest BCUT2D eigenvalue weighted by Gasteiger charge is 2.74. The Morgan fingerprint density at radius 2 is 1.64 bits per heavy atom. The van der Waals surface area contributed by atoms with E-state index in [9.17, 15) is 28.8 Å². The van der Waals surface area contributed by atoms with Crippen LogP contribution in [0.3, 0.4) is 0 Å². The number of fused-ring (bicyclic) bond motifs is 2. The minimum absolute atomic E-state index is 0.0414. The first-order valence-electron chi connectivity index (χ1n) is 17.0. The van der Waals surface area contributed by atoms with Crippen molar-refractivity contribution in [2.45, 2.75) is 107 Å². The van der Waals surface area contributed by atoms with Crippen LogP contribution in [-0.2, 0) is 41.6 Å². The maximum absolute atomic E-state index is 14.4. The van der Waals surface area contributed by atoms with E-state index in [4.69, 9.17) is 27.9 Å². The standard InChI is InChI=1S/C36H49Cl2N5O7/c1-8-9-14-24(29(45)31(47)39-16-15-25(44)42-34(2,3)4)40-30(46)28-26-23(36(26,37)38)19-43(28)32(48)27(41-33(49)50-35(5,6)7)22-17-20-12-10-11-13-21(20)18-22/h8,10-13,22-24,26-28H,1,9,14-19H2,2-7H3,(H,39,47)(H,40,46)(H,41,49)(H,42,44)/t23?,24?,26?,27-,28-/m0/s1. The third kappa shape index (κ3) is 9.57. The van der Waals surface area contributed by atoms with Crippen molar-refractivity contribution < 1.29 is 33.5 Å². The lowest BCUT2D eigenvalue weighted by Crippen LogP contribution is -2.60. The van der Waals surface area contributed by atoms with Gasteiger partial charge in [-0.1, -0.05) is 30.3 Å². The molecule has 1 aromatic rings. The molecule has 0 spiro atoms. The molecule has 0 bridgehead atoms. The number of likely N-dealkylation sites (tertiary alicyclic amines) is 1. The van der Waals surface area contributed by atoms with Crippen molar-refractivity contribution in [3.8, 4) is 0 Å². The highest BCUT2D eigenvalue weighted by atomic mass is 35.5. The number of ketones is 1. The number of halogens is 2. The monoisotopic (exact) mass is 733 g/mol. The van der Waals surface area contributed by atoms with Crippen molar-refractivity contribution in [2.75, 3.05) is 13.1 Å². The molecule has 12 nitrogen and oxygen atoms in total. The number of benzene rings is 1. The van der Waals surface area contributed by atoms with Crippen molar-refractivity contribution >= 4 is 58.7 Å². The molecule has 0 radical (unpaired) electrons. The highest BCUT2D eigenvalue weighted by molar-refractivity contribution is 6.51. The Labute approximate surface area is 303 Å². The summed E-state index contributed by atoms with van der Waals surface area (Å²) in [4.78, 5) is 81.3. The molecule has 3 aliphatic rings. The smallest absolute Gasteiger partial charge is 0.408 e. The minimum Gasteiger partial charge on any atom is -0.444 e. The largest absolute Gasteiger partial charge is 0.444 e. The molecule has 1 saturated heterocycles. The number of nitrogens with zero attached hydrogens (tertiary/aromatic N) is 1. The average Bonchev–Trinajstić information content (AvgIpc) is 3.36. The molecule has 50 heavy (non-hydrogen) atoms. The quantitative estimate of drug-likeness (QED) is 0.137. The highest BCUT2D eigenvalue weighted by Crippen LogP contribution is 2.65. The SMILES string of the molecule is C=CCCC(NC(=O)[C@@H]1C2C(CN1C(=O)[C@@H](NC(=O)OC(C)(C)C)C1Cc3ccccc3C1)C2(Cl)Cl)C(=O)C(=O)NCCC(=O)NC(C)(C)C. The number of nitrogens with one attached hydrogen (secondary N) is 4. The van der Waals surface area contributed by atoms with E-state index in [1.807, 2.05) is 45.0 Å². The summed E-state index contributed by atoms with van der Waals surface area (Å²) in [5, 5.41) is 10.7. The zero-order valence-corrected chi connectivity index (χ0v) is 31.1. The molecule has 1 aliphatic heterocycles. The number of carbonyl (C=O) groups is 6. The molecule has 1 aromatic carbocycles. The fourth-order valence-electron chi connectivity index (χ4n) is 6.78. The van der Waals surface area contributed by atoms with Crippen LogP contribution >= 0.6 is 23.2 Å².